The number of rotatable bonds is 4. The number of carbonyl (C=O) groups excluding carboxylic acids is 1. The molecular weight excluding hydrogens is 335 g/mol. The minimum atomic E-state index is -3.85. The first-order valence-electron chi connectivity index (χ1n) is 6.22. The standard InChI is InChI=1S/C13H18Cl2N2O3S/c1-8(12(18)16-13(2,3)4)17-21(19,20)9-5-6-10(14)11(15)7-9/h5-8,17H,1-4H3,(H,16,18)/t8-/m1/s1. The summed E-state index contributed by atoms with van der Waals surface area (Å²) in [5.41, 5.74) is -0.444. The van der Waals surface area contributed by atoms with Gasteiger partial charge < -0.3 is 5.32 Å². The van der Waals surface area contributed by atoms with Crippen LogP contribution in [0.25, 0.3) is 0 Å². The largest absolute Gasteiger partial charge is 0.350 e. The van der Waals surface area contributed by atoms with E-state index in [1.54, 1.807) is 0 Å². The summed E-state index contributed by atoms with van der Waals surface area (Å²) in [6.07, 6.45) is 0. The quantitative estimate of drug-likeness (QED) is 0.874. The molecule has 0 saturated heterocycles. The third-order valence-electron chi connectivity index (χ3n) is 2.42. The van der Waals surface area contributed by atoms with Crippen LogP contribution in [0.1, 0.15) is 27.7 Å². The number of amides is 1. The molecule has 1 atom stereocenters. The van der Waals surface area contributed by atoms with Crippen molar-refractivity contribution in [3.05, 3.63) is 28.2 Å². The fourth-order valence-corrected chi connectivity index (χ4v) is 3.07. The first-order valence-corrected chi connectivity index (χ1v) is 8.46. The Morgan fingerprint density at radius 3 is 2.24 bits per heavy atom. The Morgan fingerprint density at radius 2 is 1.76 bits per heavy atom. The summed E-state index contributed by atoms with van der Waals surface area (Å²) < 4.78 is 26.7. The molecule has 0 radical (unpaired) electrons. The van der Waals surface area contributed by atoms with Crippen molar-refractivity contribution in [3.8, 4) is 0 Å². The first kappa shape index (κ1) is 18.2. The number of hydrogen-bond acceptors (Lipinski definition) is 3. The molecule has 0 bridgehead atoms. The Morgan fingerprint density at radius 1 is 1.19 bits per heavy atom. The number of sulfonamides is 1. The van der Waals surface area contributed by atoms with Crippen molar-refractivity contribution >= 4 is 39.1 Å². The van der Waals surface area contributed by atoms with Crippen molar-refractivity contribution in [2.45, 2.75) is 44.2 Å². The normalized spacial score (nSPS) is 13.8. The van der Waals surface area contributed by atoms with Crippen molar-refractivity contribution in [2.24, 2.45) is 0 Å². The Hall–Kier alpha value is -0.820. The predicted octanol–water partition coefficient (Wildman–Crippen LogP) is 2.57. The van der Waals surface area contributed by atoms with E-state index in [2.05, 4.69) is 10.0 Å². The Labute approximate surface area is 135 Å². The highest BCUT2D eigenvalue weighted by Crippen LogP contribution is 2.24. The van der Waals surface area contributed by atoms with E-state index in [-0.39, 0.29) is 14.9 Å². The lowest BCUT2D eigenvalue weighted by Gasteiger charge is -2.23. The highest BCUT2D eigenvalue weighted by molar-refractivity contribution is 7.89. The molecule has 0 aromatic heterocycles. The summed E-state index contributed by atoms with van der Waals surface area (Å²) >= 11 is 11.6. The van der Waals surface area contributed by atoms with E-state index in [0.717, 1.165) is 0 Å². The summed E-state index contributed by atoms with van der Waals surface area (Å²) in [4.78, 5) is 11.9. The molecule has 0 saturated carbocycles. The molecule has 1 aromatic carbocycles. The number of benzene rings is 1. The van der Waals surface area contributed by atoms with Crippen LogP contribution in [0.2, 0.25) is 10.0 Å². The second-order valence-electron chi connectivity index (χ2n) is 5.66. The van der Waals surface area contributed by atoms with Crippen molar-refractivity contribution in [3.63, 3.8) is 0 Å². The maximum Gasteiger partial charge on any atom is 0.241 e. The summed E-state index contributed by atoms with van der Waals surface area (Å²) in [6.45, 7) is 6.90. The average Bonchev–Trinajstić information content (AvgIpc) is 2.29. The van der Waals surface area contributed by atoms with E-state index in [1.807, 2.05) is 20.8 Å². The molecule has 0 unspecified atom stereocenters. The van der Waals surface area contributed by atoms with Crippen LogP contribution in [0.5, 0.6) is 0 Å². The van der Waals surface area contributed by atoms with Crippen molar-refractivity contribution in [1.82, 2.24) is 10.0 Å². The lowest BCUT2D eigenvalue weighted by Crippen LogP contribution is -2.50. The SMILES string of the molecule is C[C@@H](NS(=O)(=O)c1ccc(Cl)c(Cl)c1)C(=O)NC(C)(C)C. The summed E-state index contributed by atoms with van der Waals surface area (Å²) in [7, 11) is -3.85. The topological polar surface area (TPSA) is 75.3 Å². The monoisotopic (exact) mass is 352 g/mol. The minimum Gasteiger partial charge on any atom is -0.350 e. The van der Waals surface area contributed by atoms with Gasteiger partial charge in [0.1, 0.15) is 0 Å². The van der Waals surface area contributed by atoms with E-state index in [4.69, 9.17) is 23.2 Å². The molecule has 1 aromatic rings. The van der Waals surface area contributed by atoms with Crippen molar-refractivity contribution in [2.75, 3.05) is 0 Å². The zero-order valence-corrected chi connectivity index (χ0v) is 14.5. The molecule has 0 aliphatic carbocycles. The third kappa shape index (κ3) is 5.47. The minimum absolute atomic E-state index is 0.0488. The van der Waals surface area contributed by atoms with Gasteiger partial charge in [-0.2, -0.15) is 4.72 Å². The molecule has 0 heterocycles. The smallest absolute Gasteiger partial charge is 0.241 e. The van der Waals surface area contributed by atoms with E-state index in [1.165, 1.54) is 25.1 Å². The molecule has 0 spiro atoms. The lowest BCUT2D eigenvalue weighted by atomic mass is 10.1. The number of carbonyl (C=O) groups is 1. The van der Waals surface area contributed by atoms with Crippen LogP contribution in [0, 0.1) is 0 Å². The summed E-state index contributed by atoms with van der Waals surface area (Å²) in [5.74, 6) is -0.411. The summed E-state index contributed by atoms with van der Waals surface area (Å²) in [6, 6.07) is 3.04. The van der Waals surface area contributed by atoms with E-state index in [0.29, 0.717) is 0 Å². The average molecular weight is 353 g/mol. The van der Waals surface area contributed by atoms with Crippen molar-refractivity contribution < 1.29 is 13.2 Å². The van der Waals surface area contributed by atoms with Gasteiger partial charge in [-0.15, -0.1) is 0 Å². The fourth-order valence-electron chi connectivity index (χ4n) is 1.48. The Balaban J connectivity index is 2.89. The van der Waals surface area contributed by atoms with Crippen molar-refractivity contribution in [1.29, 1.82) is 0 Å². The zero-order chi connectivity index (χ0) is 16.4. The highest BCUT2D eigenvalue weighted by Gasteiger charge is 2.25. The fraction of sp³-hybridized carbons (Fsp3) is 0.462. The van der Waals surface area contributed by atoms with Crippen LogP contribution < -0.4 is 10.0 Å². The molecule has 8 heteroatoms. The summed E-state index contributed by atoms with van der Waals surface area (Å²) in [5, 5.41) is 3.09. The highest BCUT2D eigenvalue weighted by atomic mass is 35.5. The van der Waals surface area contributed by atoms with Crippen LogP contribution in [0.4, 0.5) is 0 Å². The molecule has 0 aliphatic rings. The lowest BCUT2D eigenvalue weighted by molar-refractivity contribution is -0.123. The zero-order valence-electron chi connectivity index (χ0n) is 12.2. The molecule has 21 heavy (non-hydrogen) atoms. The van der Waals surface area contributed by atoms with Gasteiger partial charge in [-0.25, -0.2) is 8.42 Å². The molecule has 0 aliphatic heterocycles. The molecule has 118 valence electrons. The van der Waals surface area contributed by atoms with Gasteiger partial charge in [-0.05, 0) is 45.9 Å². The van der Waals surface area contributed by atoms with Gasteiger partial charge in [0, 0.05) is 5.54 Å². The molecular formula is C13H18Cl2N2O3S. The molecule has 1 amide bonds. The molecule has 2 N–H and O–H groups in total. The van der Waals surface area contributed by atoms with Crippen LogP contribution >= 0.6 is 23.2 Å². The molecule has 1 rings (SSSR count). The molecule has 5 nitrogen and oxygen atoms in total. The van der Waals surface area contributed by atoms with E-state index >= 15 is 0 Å². The van der Waals surface area contributed by atoms with Gasteiger partial charge in [-0.3, -0.25) is 4.79 Å². The first-order chi connectivity index (χ1) is 9.42. The second-order valence-corrected chi connectivity index (χ2v) is 8.19. The number of halogens is 2. The predicted molar refractivity (Wildman–Crippen MR) is 84.1 cm³/mol. The maximum absolute atomic E-state index is 12.2. The molecule has 0 fully saturated rings. The number of hydrogen-bond donors (Lipinski definition) is 2. The Kier molecular flexibility index (Phi) is 5.66. The van der Waals surface area contributed by atoms with Crippen LogP contribution in [-0.2, 0) is 14.8 Å². The maximum atomic E-state index is 12.2. The van der Waals surface area contributed by atoms with Crippen LogP contribution in [0.15, 0.2) is 23.1 Å². The van der Waals surface area contributed by atoms with Crippen LogP contribution in [-0.4, -0.2) is 25.9 Å². The van der Waals surface area contributed by atoms with Gasteiger partial charge >= 0.3 is 0 Å². The second kappa shape index (κ2) is 6.52. The van der Waals surface area contributed by atoms with Gasteiger partial charge in [0.2, 0.25) is 15.9 Å². The van der Waals surface area contributed by atoms with Gasteiger partial charge in [0.25, 0.3) is 0 Å². The van der Waals surface area contributed by atoms with E-state index < -0.39 is 27.5 Å². The van der Waals surface area contributed by atoms with E-state index in [9.17, 15) is 13.2 Å². The van der Waals surface area contributed by atoms with Gasteiger partial charge in [-0.1, -0.05) is 23.2 Å². The Bertz CT molecular complexity index is 639. The number of nitrogens with one attached hydrogen (secondary N) is 2. The van der Waals surface area contributed by atoms with Gasteiger partial charge in [0.05, 0.1) is 21.0 Å². The third-order valence-corrected chi connectivity index (χ3v) is 4.70. The van der Waals surface area contributed by atoms with Gasteiger partial charge in [0.15, 0.2) is 0 Å². The van der Waals surface area contributed by atoms with Crippen LogP contribution in [0.3, 0.4) is 0 Å².